The number of fused-ring (bicyclic) bond motifs is 1. The highest BCUT2D eigenvalue weighted by Gasteiger charge is 2.31. The molecule has 1 N–H and O–H groups in total. The molecule has 1 fully saturated rings. The molecule has 3 nitrogen and oxygen atoms in total. The zero-order valence-corrected chi connectivity index (χ0v) is 9.32. The van der Waals surface area contributed by atoms with Crippen molar-refractivity contribution >= 4 is 5.91 Å². The summed E-state index contributed by atoms with van der Waals surface area (Å²) in [5.41, 5.74) is 3.29. The van der Waals surface area contributed by atoms with Crippen LogP contribution in [0.15, 0.2) is 18.2 Å². The van der Waals surface area contributed by atoms with Gasteiger partial charge in [-0.3, -0.25) is 4.79 Å². The van der Waals surface area contributed by atoms with Gasteiger partial charge < -0.3 is 10.1 Å². The Balaban J connectivity index is 1.98. The van der Waals surface area contributed by atoms with Crippen LogP contribution < -0.4 is 5.32 Å². The van der Waals surface area contributed by atoms with E-state index in [4.69, 9.17) is 4.74 Å². The van der Waals surface area contributed by atoms with Crippen LogP contribution in [-0.4, -0.2) is 19.6 Å². The van der Waals surface area contributed by atoms with E-state index < -0.39 is 0 Å². The number of ether oxygens (including phenoxy) is 1. The lowest BCUT2D eigenvalue weighted by Crippen LogP contribution is -2.22. The molecule has 1 amide bonds. The van der Waals surface area contributed by atoms with Gasteiger partial charge in [-0.15, -0.1) is 0 Å². The number of hydrogen-bond donors (Lipinski definition) is 1. The maximum atomic E-state index is 11.7. The minimum absolute atomic E-state index is 0.0272. The van der Waals surface area contributed by atoms with Gasteiger partial charge in [0.15, 0.2) is 0 Å². The molecule has 16 heavy (non-hydrogen) atoms. The van der Waals surface area contributed by atoms with Gasteiger partial charge in [-0.2, -0.15) is 0 Å². The smallest absolute Gasteiger partial charge is 0.252 e. The Bertz CT molecular complexity index is 438. The van der Waals surface area contributed by atoms with Gasteiger partial charge in [0.2, 0.25) is 0 Å². The SMILES string of the molecule is COCC1NC(=O)c2ccc(C3CC3)cc21. The molecule has 0 bridgehead atoms. The molecule has 1 unspecified atom stereocenters. The lowest BCUT2D eigenvalue weighted by Gasteiger charge is -2.10. The molecule has 3 heteroatoms. The minimum Gasteiger partial charge on any atom is -0.382 e. The first-order valence-electron chi connectivity index (χ1n) is 5.73. The van der Waals surface area contributed by atoms with Crippen LogP contribution in [0.1, 0.15) is 46.3 Å². The zero-order chi connectivity index (χ0) is 11.1. The summed E-state index contributed by atoms with van der Waals surface area (Å²) >= 11 is 0. The fourth-order valence-electron chi connectivity index (χ4n) is 2.36. The maximum Gasteiger partial charge on any atom is 0.252 e. The number of amides is 1. The second-order valence-corrected chi connectivity index (χ2v) is 4.60. The van der Waals surface area contributed by atoms with E-state index in [0.29, 0.717) is 6.61 Å². The molecule has 1 aromatic carbocycles. The molecule has 84 valence electrons. The van der Waals surface area contributed by atoms with E-state index >= 15 is 0 Å². The average molecular weight is 217 g/mol. The number of rotatable bonds is 3. The molecule has 1 saturated carbocycles. The highest BCUT2D eigenvalue weighted by atomic mass is 16.5. The van der Waals surface area contributed by atoms with E-state index in [1.807, 2.05) is 6.07 Å². The van der Waals surface area contributed by atoms with Crippen LogP contribution in [0.2, 0.25) is 0 Å². The maximum absolute atomic E-state index is 11.7. The molecule has 1 aliphatic carbocycles. The van der Waals surface area contributed by atoms with Gasteiger partial charge in [0.25, 0.3) is 5.91 Å². The van der Waals surface area contributed by atoms with E-state index in [1.165, 1.54) is 18.4 Å². The van der Waals surface area contributed by atoms with Gasteiger partial charge >= 0.3 is 0 Å². The summed E-state index contributed by atoms with van der Waals surface area (Å²) in [7, 11) is 1.66. The first-order valence-corrected chi connectivity index (χ1v) is 5.73. The molecule has 1 atom stereocenters. The van der Waals surface area contributed by atoms with Crippen molar-refractivity contribution in [1.29, 1.82) is 0 Å². The van der Waals surface area contributed by atoms with Crippen molar-refractivity contribution in [1.82, 2.24) is 5.32 Å². The standard InChI is InChI=1S/C13H15NO2/c1-16-7-12-11-6-9(8-2-3-8)4-5-10(11)13(15)14-12/h4-6,8,12H,2-3,7H2,1H3,(H,14,15). The number of hydrogen-bond acceptors (Lipinski definition) is 2. The molecular weight excluding hydrogens is 202 g/mol. The molecule has 1 aliphatic heterocycles. The molecule has 0 radical (unpaired) electrons. The first kappa shape index (κ1) is 9.85. The predicted molar refractivity (Wildman–Crippen MR) is 60.5 cm³/mol. The van der Waals surface area contributed by atoms with E-state index in [2.05, 4.69) is 17.4 Å². The Labute approximate surface area is 94.8 Å². The second kappa shape index (κ2) is 3.59. The molecular formula is C13H15NO2. The fraction of sp³-hybridized carbons (Fsp3) is 0.462. The third kappa shape index (κ3) is 1.52. The number of methoxy groups -OCH3 is 1. The number of nitrogens with one attached hydrogen (secondary N) is 1. The molecule has 0 spiro atoms. The van der Waals surface area contributed by atoms with Crippen molar-refractivity contribution in [2.45, 2.75) is 24.8 Å². The van der Waals surface area contributed by atoms with Crippen LogP contribution >= 0.6 is 0 Å². The third-order valence-electron chi connectivity index (χ3n) is 3.38. The summed E-state index contributed by atoms with van der Waals surface area (Å²) < 4.78 is 5.13. The van der Waals surface area contributed by atoms with Gasteiger partial charge in [0.1, 0.15) is 0 Å². The Morgan fingerprint density at radius 2 is 2.25 bits per heavy atom. The molecule has 0 aromatic heterocycles. The van der Waals surface area contributed by atoms with Crippen molar-refractivity contribution in [2.75, 3.05) is 13.7 Å². The molecule has 2 aliphatic rings. The van der Waals surface area contributed by atoms with Gasteiger partial charge in [-0.05, 0) is 36.0 Å². The molecule has 0 saturated heterocycles. The summed E-state index contributed by atoms with van der Waals surface area (Å²) in [5.74, 6) is 0.753. The third-order valence-corrected chi connectivity index (χ3v) is 3.38. The van der Waals surface area contributed by atoms with Crippen molar-refractivity contribution in [2.24, 2.45) is 0 Å². The Kier molecular flexibility index (Phi) is 2.21. The lowest BCUT2D eigenvalue weighted by molar-refractivity contribution is 0.0928. The van der Waals surface area contributed by atoms with Crippen LogP contribution in [0.5, 0.6) is 0 Å². The van der Waals surface area contributed by atoms with Crippen molar-refractivity contribution in [3.05, 3.63) is 34.9 Å². The van der Waals surface area contributed by atoms with Gasteiger partial charge in [0.05, 0.1) is 12.6 Å². The number of carbonyl (C=O) groups is 1. The quantitative estimate of drug-likeness (QED) is 0.841. The summed E-state index contributed by atoms with van der Waals surface area (Å²) in [4.78, 5) is 11.7. The Hall–Kier alpha value is -1.35. The fourth-order valence-corrected chi connectivity index (χ4v) is 2.36. The average Bonchev–Trinajstić information content (AvgIpc) is 3.08. The summed E-state index contributed by atoms with van der Waals surface area (Å²) in [5, 5.41) is 2.94. The first-order chi connectivity index (χ1) is 7.79. The monoisotopic (exact) mass is 217 g/mol. The topological polar surface area (TPSA) is 38.3 Å². The summed E-state index contributed by atoms with van der Waals surface area (Å²) in [6, 6.07) is 6.25. The van der Waals surface area contributed by atoms with E-state index in [1.54, 1.807) is 7.11 Å². The number of benzene rings is 1. The Morgan fingerprint density at radius 3 is 2.94 bits per heavy atom. The van der Waals surface area contributed by atoms with Crippen molar-refractivity contribution < 1.29 is 9.53 Å². The second-order valence-electron chi connectivity index (χ2n) is 4.60. The van der Waals surface area contributed by atoms with E-state index in [0.717, 1.165) is 17.0 Å². The zero-order valence-electron chi connectivity index (χ0n) is 9.32. The van der Waals surface area contributed by atoms with Crippen LogP contribution in [0, 0.1) is 0 Å². The van der Waals surface area contributed by atoms with Crippen LogP contribution in [0.3, 0.4) is 0 Å². The molecule has 1 aromatic rings. The Morgan fingerprint density at radius 1 is 1.44 bits per heavy atom. The highest BCUT2D eigenvalue weighted by molar-refractivity contribution is 5.99. The summed E-state index contributed by atoms with van der Waals surface area (Å²) in [6.45, 7) is 0.548. The largest absolute Gasteiger partial charge is 0.382 e. The molecule has 1 heterocycles. The predicted octanol–water partition coefficient (Wildman–Crippen LogP) is 1.99. The van der Waals surface area contributed by atoms with E-state index in [9.17, 15) is 4.79 Å². The number of carbonyl (C=O) groups excluding carboxylic acids is 1. The highest BCUT2D eigenvalue weighted by Crippen LogP contribution is 2.41. The van der Waals surface area contributed by atoms with Crippen molar-refractivity contribution in [3.8, 4) is 0 Å². The minimum atomic E-state index is 0.0272. The van der Waals surface area contributed by atoms with Crippen LogP contribution in [0.25, 0.3) is 0 Å². The van der Waals surface area contributed by atoms with Gasteiger partial charge in [0, 0.05) is 12.7 Å². The summed E-state index contributed by atoms with van der Waals surface area (Å²) in [6.07, 6.45) is 2.57. The van der Waals surface area contributed by atoms with Gasteiger partial charge in [-0.1, -0.05) is 12.1 Å². The van der Waals surface area contributed by atoms with E-state index in [-0.39, 0.29) is 11.9 Å². The van der Waals surface area contributed by atoms with Crippen LogP contribution in [0.4, 0.5) is 0 Å². The normalized spacial score (nSPS) is 23.1. The lowest BCUT2D eigenvalue weighted by atomic mass is 10.00. The van der Waals surface area contributed by atoms with Crippen LogP contribution in [-0.2, 0) is 4.74 Å². The molecule has 3 rings (SSSR count). The van der Waals surface area contributed by atoms with Crippen molar-refractivity contribution in [3.63, 3.8) is 0 Å². The van der Waals surface area contributed by atoms with Gasteiger partial charge in [-0.25, -0.2) is 0 Å².